The van der Waals surface area contributed by atoms with Gasteiger partial charge in [0.15, 0.2) is 0 Å². The standard InChI is InChI=1S/C10H12N2/c1-3-10-11-7-9-8(2)5-4-6-12(9)10/h4-7H,3H2,1-2H3. The minimum Gasteiger partial charge on any atom is -0.303 e. The Morgan fingerprint density at radius 2 is 2.33 bits per heavy atom. The molecule has 0 N–H and O–H groups in total. The zero-order valence-corrected chi connectivity index (χ0v) is 7.41. The Morgan fingerprint density at radius 3 is 3.08 bits per heavy atom. The molecule has 0 bridgehead atoms. The van der Waals surface area contributed by atoms with Gasteiger partial charge >= 0.3 is 0 Å². The predicted molar refractivity (Wildman–Crippen MR) is 49.3 cm³/mol. The van der Waals surface area contributed by atoms with Gasteiger partial charge in [-0.1, -0.05) is 13.0 Å². The van der Waals surface area contributed by atoms with E-state index in [0.717, 1.165) is 12.2 Å². The monoisotopic (exact) mass is 160 g/mol. The first-order chi connectivity index (χ1) is 5.83. The van der Waals surface area contributed by atoms with Crippen LogP contribution in [0.15, 0.2) is 24.5 Å². The van der Waals surface area contributed by atoms with Crippen molar-refractivity contribution in [1.29, 1.82) is 0 Å². The van der Waals surface area contributed by atoms with Gasteiger partial charge in [-0.25, -0.2) is 4.98 Å². The number of nitrogens with zero attached hydrogens (tertiary/aromatic N) is 2. The minimum atomic E-state index is 0.984. The summed E-state index contributed by atoms with van der Waals surface area (Å²) in [6.07, 6.45) is 4.99. The zero-order valence-electron chi connectivity index (χ0n) is 7.41. The van der Waals surface area contributed by atoms with Crippen LogP contribution in [0.25, 0.3) is 5.52 Å². The molecule has 0 atom stereocenters. The number of fused-ring (bicyclic) bond motifs is 1. The molecule has 0 fully saturated rings. The van der Waals surface area contributed by atoms with E-state index in [-0.39, 0.29) is 0 Å². The Labute approximate surface area is 71.9 Å². The molecule has 12 heavy (non-hydrogen) atoms. The molecule has 0 amide bonds. The number of pyridine rings is 1. The number of hydrogen-bond donors (Lipinski definition) is 0. The molecule has 0 spiro atoms. The van der Waals surface area contributed by atoms with E-state index in [1.807, 2.05) is 6.20 Å². The van der Waals surface area contributed by atoms with Crippen molar-refractivity contribution < 1.29 is 0 Å². The average Bonchev–Trinajstić information content (AvgIpc) is 2.49. The van der Waals surface area contributed by atoms with E-state index in [4.69, 9.17) is 0 Å². The van der Waals surface area contributed by atoms with Crippen LogP contribution in [0.5, 0.6) is 0 Å². The highest BCUT2D eigenvalue weighted by atomic mass is 15.0. The van der Waals surface area contributed by atoms with Crippen molar-refractivity contribution in [3.8, 4) is 0 Å². The quantitative estimate of drug-likeness (QED) is 0.625. The second-order valence-electron chi connectivity index (χ2n) is 2.97. The third kappa shape index (κ3) is 0.916. The molecule has 2 aromatic heterocycles. The van der Waals surface area contributed by atoms with Crippen molar-refractivity contribution in [2.24, 2.45) is 0 Å². The lowest BCUT2D eigenvalue weighted by atomic mass is 10.2. The third-order valence-electron chi connectivity index (χ3n) is 2.18. The summed E-state index contributed by atoms with van der Waals surface area (Å²) in [6.45, 7) is 4.23. The van der Waals surface area contributed by atoms with Crippen LogP contribution >= 0.6 is 0 Å². The Bertz CT molecular complexity index is 401. The average molecular weight is 160 g/mol. The lowest BCUT2D eigenvalue weighted by Crippen LogP contribution is -1.92. The smallest absolute Gasteiger partial charge is 0.112 e. The fourth-order valence-electron chi connectivity index (χ4n) is 1.48. The third-order valence-corrected chi connectivity index (χ3v) is 2.18. The minimum absolute atomic E-state index is 0.984. The Morgan fingerprint density at radius 1 is 1.50 bits per heavy atom. The first-order valence-corrected chi connectivity index (χ1v) is 4.24. The van der Waals surface area contributed by atoms with Crippen LogP contribution in [0.2, 0.25) is 0 Å². The van der Waals surface area contributed by atoms with Crippen molar-refractivity contribution in [2.45, 2.75) is 20.3 Å². The van der Waals surface area contributed by atoms with E-state index in [9.17, 15) is 0 Å². The summed E-state index contributed by atoms with van der Waals surface area (Å²) in [4.78, 5) is 4.34. The van der Waals surface area contributed by atoms with Crippen molar-refractivity contribution in [2.75, 3.05) is 0 Å². The summed E-state index contributed by atoms with van der Waals surface area (Å²) < 4.78 is 2.15. The fourth-order valence-corrected chi connectivity index (χ4v) is 1.48. The maximum absolute atomic E-state index is 4.34. The molecular weight excluding hydrogens is 148 g/mol. The fraction of sp³-hybridized carbons (Fsp3) is 0.300. The van der Waals surface area contributed by atoms with Gasteiger partial charge in [0.25, 0.3) is 0 Å². The molecule has 0 aromatic carbocycles. The Balaban J connectivity index is 2.80. The summed E-state index contributed by atoms with van der Waals surface area (Å²) >= 11 is 0. The van der Waals surface area contributed by atoms with Gasteiger partial charge < -0.3 is 4.40 Å². The number of aryl methyl sites for hydroxylation is 2. The van der Waals surface area contributed by atoms with Crippen molar-refractivity contribution in [3.05, 3.63) is 35.9 Å². The van der Waals surface area contributed by atoms with Gasteiger partial charge in [-0.2, -0.15) is 0 Å². The first-order valence-electron chi connectivity index (χ1n) is 4.24. The number of hydrogen-bond acceptors (Lipinski definition) is 1. The van der Waals surface area contributed by atoms with Gasteiger partial charge in [0.2, 0.25) is 0 Å². The van der Waals surface area contributed by atoms with Gasteiger partial charge in [-0.15, -0.1) is 0 Å². The Kier molecular flexibility index (Phi) is 1.61. The molecule has 0 aliphatic rings. The van der Waals surface area contributed by atoms with Gasteiger partial charge in [-0.3, -0.25) is 0 Å². The molecule has 62 valence electrons. The summed E-state index contributed by atoms with van der Waals surface area (Å²) in [5, 5.41) is 0. The van der Waals surface area contributed by atoms with Crippen molar-refractivity contribution >= 4 is 5.52 Å². The van der Waals surface area contributed by atoms with E-state index in [1.54, 1.807) is 0 Å². The second kappa shape index (κ2) is 2.63. The molecule has 2 heterocycles. The van der Waals surface area contributed by atoms with E-state index >= 15 is 0 Å². The largest absolute Gasteiger partial charge is 0.303 e. The number of rotatable bonds is 1. The molecule has 0 saturated carbocycles. The highest BCUT2D eigenvalue weighted by Crippen LogP contribution is 2.11. The summed E-state index contributed by atoms with van der Waals surface area (Å²) in [5.74, 6) is 1.13. The van der Waals surface area contributed by atoms with Crippen molar-refractivity contribution in [1.82, 2.24) is 9.38 Å². The molecule has 0 radical (unpaired) electrons. The van der Waals surface area contributed by atoms with Crippen LogP contribution in [-0.2, 0) is 6.42 Å². The summed E-state index contributed by atoms with van der Waals surface area (Å²) in [6, 6.07) is 4.17. The van der Waals surface area contributed by atoms with Crippen LogP contribution < -0.4 is 0 Å². The topological polar surface area (TPSA) is 17.3 Å². The first kappa shape index (κ1) is 7.35. The molecule has 0 aliphatic heterocycles. The van der Waals surface area contributed by atoms with Gasteiger partial charge in [0.05, 0.1) is 11.7 Å². The predicted octanol–water partition coefficient (Wildman–Crippen LogP) is 2.21. The van der Waals surface area contributed by atoms with Crippen LogP contribution in [0, 0.1) is 6.92 Å². The van der Waals surface area contributed by atoms with Crippen LogP contribution in [0.1, 0.15) is 18.3 Å². The van der Waals surface area contributed by atoms with Crippen LogP contribution in [0.3, 0.4) is 0 Å². The van der Waals surface area contributed by atoms with E-state index < -0.39 is 0 Å². The summed E-state index contributed by atoms with van der Waals surface area (Å²) in [5.41, 5.74) is 2.50. The van der Waals surface area contributed by atoms with E-state index in [1.165, 1.54) is 11.1 Å². The lowest BCUT2D eigenvalue weighted by molar-refractivity contribution is 0.931. The van der Waals surface area contributed by atoms with E-state index in [0.29, 0.717) is 0 Å². The molecule has 0 unspecified atom stereocenters. The molecule has 2 nitrogen and oxygen atoms in total. The number of aromatic nitrogens is 2. The van der Waals surface area contributed by atoms with E-state index in [2.05, 4.69) is 41.6 Å². The number of imidazole rings is 1. The highest BCUT2D eigenvalue weighted by molar-refractivity contribution is 5.53. The molecule has 2 heteroatoms. The molecule has 0 saturated heterocycles. The van der Waals surface area contributed by atoms with Gasteiger partial charge in [0.1, 0.15) is 5.82 Å². The maximum Gasteiger partial charge on any atom is 0.112 e. The molecule has 0 aliphatic carbocycles. The molecule has 2 aromatic rings. The molecular formula is C10H12N2. The highest BCUT2D eigenvalue weighted by Gasteiger charge is 2.01. The SMILES string of the molecule is CCc1ncc2c(C)cccn12. The summed E-state index contributed by atoms with van der Waals surface area (Å²) in [7, 11) is 0. The zero-order chi connectivity index (χ0) is 8.55. The normalized spacial score (nSPS) is 10.8. The Hall–Kier alpha value is -1.31. The van der Waals surface area contributed by atoms with Crippen molar-refractivity contribution in [3.63, 3.8) is 0 Å². The van der Waals surface area contributed by atoms with Gasteiger partial charge in [0, 0.05) is 12.6 Å². The van der Waals surface area contributed by atoms with Crippen LogP contribution in [-0.4, -0.2) is 9.38 Å². The second-order valence-corrected chi connectivity index (χ2v) is 2.97. The van der Waals surface area contributed by atoms with Gasteiger partial charge in [-0.05, 0) is 18.6 Å². The maximum atomic E-state index is 4.34. The van der Waals surface area contributed by atoms with Crippen LogP contribution in [0.4, 0.5) is 0 Å². The lowest BCUT2D eigenvalue weighted by Gasteiger charge is -1.99. The molecule has 2 rings (SSSR count).